The molecule has 0 aliphatic carbocycles. The SMILES string of the molecule is CCOC(=O)C1CCN(C(=O)NC(CC)c2ccc(Cl)cc2)CC1. The zero-order valence-corrected chi connectivity index (χ0v) is 15.0. The summed E-state index contributed by atoms with van der Waals surface area (Å²) in [7, 11) is 0. The molecular formula is C18H25ClN2O3. The van der Waals surface area contributed by atoms with Gasteiger partial charge in [-0.05, 0) is 43.9 Å². The maximum absolute atomic E-state index is 12.5. The van der Waals surface area contributed by atoms with Gasteiger partial charge in [-0.1, -0.05) is 30.7 Å². The highest BCUT2D eigenvalue weighted by molar-refractivity contribution is 6.30. The summed E-state index contributed by atoms with van der Waals surface area (Å²) in [5.74, 6) is -0.239. The Morgan fingerprint density at radius 2 is 1.88 bits per heavy atom. The summed E-state index contributed by atoms with van der Waals surface area (Å²) in [6.45, 7) is 5.40. The number of benzene rings is 1. The number of hydrogen-bond acceptors (Lipinski definition) is 3. The number of likely N-dealkylation sites (tertiary alicyclic amines) is 1. The molecule has 2 rings (SSSR count). The molecule has 1 heterocycles. The number of urea groups is 1. The minimum atomic E-state index is -0.148. The third-order valence-electron chi connectivity index (χ3n) is 4.38. The first-order chi connectivity index (χ1) is 11.5. The third kappa shape index (κ3) is 4.87. The average Bonchev–Trinajstić information content (AvgIpc) is 2.60. The Bertz CT molecular complexity index is 554. The predicted molar refractivity (Wildman–Crippen MR) is 93.9 cm³/mol. The molecule has 1 fully saturated rings. The summed E-state index contributed by atoms with van der Waals surface area (Å²) in [4.78, 5) is 26.0. The minimum Gasteiger partial charge on any atom is -0.466 e. The third-order valence-corrected chi connectivity index (χ3v) is 4.63. The Kier molecular flexibility index (Phi) is 6.91. The van der Waals surface area contributed by atoms with Crippen molar-refractivity contribution in [2.24, 2.45) is 5.92 Å². The van der Waals surface area contributed by atoms with E-state index in [1.807, 2.05) is 38.1 Å². The summed E-state index contributed by atoms with van der Waals surface area (Å²) in [5, 5.41) is 3.75. The Morgan fingerprint density at radius 3 is 2.42 bits per heavy atom. The van der Waals surface area contributed by atoms with Crippen molar-refractivity contribution in [1.82, 2.24) is 10.2 Å². The summed E-state index contributed by atoms with van der Waals surface area (Å²) in [6.07, 6.45) is 2.11. The number of piperidine rings is 1. The van der Waals surface area contributed by atoms with Gasteiger partial charge in [-0.2, -0.15) is 0 Å². The fourth-order valence-corrected chi connectivity index (χ4v) is 3.06. The van der Waals surface area contributed by atoms with E-state index in [2.05, 4.69) is 5.32 Å². The number of ether oxygens (including phenoxy) is 1. The molecule has 2 amide bonds. The molecule has 0 saturated carbocycles. The highest BCUT2D eigenvalue weighted by atomic mass is 35.5. The number of rotatable bonds is 5. The average molecular weight is 353 g/mol. The van der Waals surface area contributed by atoms with Crippen LogP contribution < -0.4 is 5.32 Å². The molecule has 5 nitrogen and oxygen atoms in total. The Morgan fingerprint density at radius 1 is 1.25 bits per heavy atom. The normalized spacial score (nSPS) is 16.5. The fourth-order valence-electron chi connectivity index (χ4n) is 2.93. The number of nitrogens with one attached hydrogen (secondary N) is 1. The van der Waals surface area contributed by atoms with E-state index >= 15 is 0 Å². The lowest BCUT2D eigenvalue weighted by Gasteiger charge is -2.32. The maximum atomic E-state index is 12.5. The van der Waals surface area contributed by atoms with Gasteiger partial charge in [-0.15, -0.1) is 0 Å². The predicted octanol–water partition coefficient (Wildman–Crippen LogP) is 3.78. The Hall–Kier alpha value is -1.75. The molecule has 0 bridgehead atoms. The quantitative estimate of drug-likeness (QED) is 0.820. The van der Waals surface area contributed by atoms with Gasteiger partial charge in [-0.25, -0.2) is 4.79 Å². The molecule has 1 unspecified atom stereocenters. The fraction of sp³-hybridized carbons (Fsp3) is 0.556. The van der Waals surface area contributed by atoms with E-state index in [-0.39, 0.29) is 24.0 Å². The molecule has 6 heteroatoms. The van der Waals surface area contributed by atoms with Crippen molar-refractivity contribution in [3.8, 4) is 0 Å². The van der Waals surface area contributed by atoms with Gasteiger partial charge in [0.15, 0.2) is 0 Å². The molecule has 0 radical (unpaired) electrons. The monoisotopic (exact) mass is 352 g/mol. The van der Waals surface area contributed by atoms with E-state index in [9.17, 15) is 9.59 Å². The molecule has 1 aromatic rings. The summed E-state index contributed by atoms with van der Waals surface area (Å²) in [6, 6.07) is 7.40. The minimum absolute atomic E-state index is 0.0439. The lowest BCUT2D eigenvalue weighted by molar-refractivity contribution is -0.149. The highest BCUT2D eigenvalue weighted by Crippen LogP contribution is 2.22. The molecule has 0 spiro atoms. The van der Waals surface area contributed by atoms with Gasteiger partial charge in [0, 0.05) is 18.1 Å². The second kappa shape index (κ2) is 8.92. The lowest BCUT2D eigenvalue weighted by Crippen LogP contribution is -2.46. The molecule has 1 aromatic carbocycles. The van der Waals surface area contributed by atoms with Crippen LogP contribution in [-0.2, 0) is 9.53 Å². The number of halogens is 1. The molecule has 0 aromatic heterocycles. The van der Waals surface area contributed by atoms with E-state index in [1.54, 1.807) is 4.90 Å². The Balaban J connectivity index is 1.88. The van der Waals surface area contributed by atoms with Crippen LogP contribution >= 0.6 is 11.6 Å². The molecular weight excluding hydrogens is 328 g/mol. The van der Waals surface area contributed by atoms with Crippen LogP contribution in [0, 0.1) is 5.92 Å². The second-order valence-electron chi connectivity index (χ2n) is 5.98. The van der Waals surface area contributed by atoms with Crippen LogP contribution in [-0.4, -0.2) is 36.6 Å². The van der Waals surface area contributed by atoms with Crippen LogP contribution in [0.15, 0.2) is 24.3 Å². The molecule has 1 aliphatic rings. The lowest BCUT2D eigenvalue weighted by atomic mass is 9.97. The van der Waals surface area contributed by atoms with Crippen LogP contribution in [0.1, 0.15) is 44.7 Å². The van der Waals surface area contributed by atoms with E-state index in [4.69, 9.17) is 16.3 Å². The van der Waals surface area contributed by atoms with Crippen molar-refractivity contribution in [3.63, 3.8) is 0 Å². The largest absolute Gasteiger partial charge is 0.466 e. The number of amides is 2. The first-order valence-corrected chi connectivity index (χ1v) is 8.90. The highest BCUT2D eigenvalue weighted by Gasteiger charge is 2.28. The van der Waals surface area contributed by atoms with Crippen LogP contribution in [0.5, 0.6) is 0 Å². The van der Waals surface area contributed by atoms with E-state index in [0.29, 0.717) is 37.6 Å². The molecule has 132 valence electrons. The first kappa shape index (κ1) is 18.6. The van der Waals surface area contributed by atoms with Gasteiger partial charge in [0.1, 0.15) is 0 Å². The number of carbonyl (C=O) groups is 2. The van der Waals surface area contributed by atoms with Gasteiger partial charge >= 0.3 is 12.0 Å². The van der Waals surface area contributed by atoms with Crippen LogP contribution in [0.3, 0.4) is 0 Å². The molecule has 1 saturated heterocycles. The molecule has 1 aliphatic heterocycles. The van der Waals surface area contributed by atoms with Crippen molar-refractivity contribution in [2.45, 2.75) is 39.2 Å². The van der Waals surface area contributed by atoms with E-state index in [1.165, 1.54) is 0 Å². The number of esters is 1. The van der Waals surface area contributed by atoms with Gasteiger partial charge in [-0.3, -0.25) is 4.79 Å². The molecule has 24 heavy (non-hydrogen) atoms. The molecule has 1 atom stereocenters. The van der Waals surface area contributed by atoms with Crippen molar-refractivity contribution in [2.75, 3.05) is 19.7 Å². The van der Waals surface area contributed by atoms with E-state index in [0.717, 1.165) is 12.0 Å². The van der Waals surface area contributed by atoms with Gasteiger partial charge in [0.25, 0.3) is 0 Å². The Labute approximate surface area is 148 Å². The smallest absolute Gasteiger partial charge is 0.317 e. The molecule has 1 N–H and O–H groups in total. The zero-order chi connectivity index (χ0) is 17.5. The number of carbonyl (C=O) groups excluding carboxylic acids is 2. The van der Waals surface area contributed by atoms with Crippen molar-refractivity contribution < 1.29 is 14.3 Å². The summed E-state index contributed by atoms with van der Waals surface area (Å²) >= 11 is 5.92. The first-order valence-electron chi connectivity index (χ1n) is 8.52. The number of nitrogens with zero attached hydrogens (tertiary/aromatic N) is 1. The van der Waals surface area contributed by atoms with Crippen molar-refractivity contribution in [3.05, 3.63) is 34.9 Å². The topological polar surface area (TPSA) is 58.6 Å². The van der Waals surface area contributed by atoms with Crippen LogP contribution in [0.4, 0.5) is 4.79 Å². The number of hydrogen-bond donors (Lipinski definition) is 1. The summed E-state index contributed by atoms with van der Waals surface area (Å²) in [5.41, 5.74) is 1.04. The van der Waals surface area contributed by atoms with Gasteiger partial charge in [0.2, 0.25) is 0 Å². The summed E-state index contributed by atoms with van der Waals surface area (Å²) < 4.78 is 5.06. The zero-order valence-electron chi connectivity index (χ0n) is 14.3. The standard InChI is InChI=1S/C18H25ClN2O3/c1-3-16(13-5-7-15(19)8-6-13)20-18(23)21-11-9-14(10-12-21)17(22)24-4-2/h5-8,14,16H,3-4,9-12H2,1-2H3,(H,20,23). The van der Waals surface area contributed by atoms with Gasteiger partial charge in [0.05, 0.1) is 18.6 Å². The maximum Gasteiger partial charge on any atom is 0.317 e. The van der Waals surface area contributed by atoms with Crippen molar-refractivity contribution >= 4 is 23.6 Å². The van der Waals surface area contributed by atoms with Crippen molar-refractivity contribution in [1.29, 1.82) is 0 Å². The van der Waals surface area contributed by atoms with Crippen LogP contribution in [0.2, 0.25) is 5.02 Å². The van der Waals surface area contributed by atoms with Crippen LogP contribution in [0.25, 0.3) is 0 Å². The van der Waals surface area contributed by atoms with E-state index < -0.39 is 0 Å². The second-order valence-corrected chi connectivity index (χ2v) is 6.41. The van der Waals surface area contributed by atoms with Gasteiger partial charge < -0.3 is 15.0 Å².